The number of rotatable bonds is 32. The van der Waals surface area contributed by atoms with E-state index in [0.717, 1.165) is 0 Å². The molecule has 0 aliphatic rings. The molecule has 25 nitrogen and oxygen atoms in total. The van der Waals surface area contributed by atoms with Crippen LogP contribution in [-0.4, -0.2) is 138 Å². The average molecular weight is 1060 g/mol. The van der Waals surface area contributed by atoms with Gasteiger partial charge in [0.25, 0.3) is 0 Å². The zero-order valence-corrected chi connectivity index (χ0v) is 42.4. The van der Waals surface area contributed by atoms with Crippen LogP contribution < -0.4 is 65.1 Å². The van der Waals surface area contributed by atoms with Crippen molar-refractivity contribution < 1.29 is 62.6 Å². The molecule has 0 fully saturated rings. The fraction of sp³-hybridized carbons (Fsp3) is 0.412. The fourth-order valence-electron chi connectivity index (χ4n) is 7.33. The van der Waals surface area contributed by atoms with Crippen LogP contribution in [0.2, 0.25) is 0 Å². The van der Waals surface area contributed by atoms with E-state index in [4.69, 9.17) is 17.2 Å². The van der Waals surface area contributed by atoms with Gasteiger partial charge in [-0.2, -0.15) is 0 Å². The SMILES string of the molecule is CC(C)[C@H](NC(=O)CNC(=O)[C@H](CCC(N)=O)NC(=O)[C@H](Cc1ccccc1)NC(=O)CN)C(=O)N[C@@H](CCC(N)=O)C(=O)N[C@@H](Cc1ccccc1)C(=O)N[C@@H](C)C(=O)NCC(=O)N[C@@H](Cc1ccccc1)C(=O)O. The van der Waals surface area contributed by atoms with E-state index >= 15 is 0 Å². The van der Waals surface area contributed by atoms with Crippen LogP contribution in [0.25, 0.3) is 0 Å². The molecule has 0 heterocycles. The average Bonchev–Trinajstić information content (AvgIpc) is 3.38. The molecule has 25 heteroatoms. The molecule has 16 N–H and O–H groups in total. The first-order valence-corrected chi connectivity index (χ1v) is 24.3. The summed E-state index contributed by atoms with van der Waals surface area (Å²) in [5.41, 5.74) is 18.1. The topological polar surface area (TPSA) is 411 Å². The van der Waals surface area contributed by atoms with Crippen molar-refractivity contribution >= 4 is 70.9 Å². The Hall–Kier alpha value is -8.74. The molecule has 76 heavy (non-hydrogen) atoms. The van der Waals surface area contributed by atoms with Crippen molar-refractivity contribution in [3.63, 3.8) is 0 Å². The Morgan fingerprint density at radius 3 is 1.25 bits per heavy atom. The Morgan fingerprint density at radius 2 is 0.803 bits per heavy atom. The summed E-state index contributed by atoms with van der Waals surface area (Å²) in [6.07, 6.45) is -1.56. The standard InChI is InChI=1S/C51H68N12O13/c1-29(2)44(63-43(68)28-56-46(70)34(19-21-39(53)64)60-49(73)36(58-41(66)26-52)23-31-13-7-4-8-14-31)50(74)61-35(20-22-40(54)65)47(71)62-37(24-32-15-9-5-10-16-32)48(72)57-30(3)45(69)55-27-42(67)59-38(51(75)76)25-33-17-11-6-12-18-33/h4-18,29-30,34-38,44H,19-28,52H2,1-3H3,(H2,53,64)(H2,54,65)(H,55,69)(H,56,70)(H,57,72)(H,58,66)(H,59,67)(H,60,73)(H,61,74)(H,62,71)(H,63,68)(H,75,76)/t30-,34-,35-,36-,37-,38-,44-/m0/s1. The first-order valence-electron chi connectivity index (χ1n) is 24.3. The largest absolute Gasteiger partial charge is 0.480 e. The number of primary amides is 2. The van der Waals surface area contributed by atoms with Gasteiger partial charge in [-0.1, -0.05) is 105 Å². The van der Waals surface area contributed by atoms with E-state index in [-0.39, 0.29) is 38.5 Å². The fourth-order valence-corrected chi connectivity index (χ4v) is 7.33. The van der Waals surface area contributed by atoms with Gasteiger partial charge in [-0.3, -0.25) is 52.7 Å². The van der Waals surface area contributed by atoms with Gasteiger partial charge in [0.05, 0.1) is 19.6 Å². The molecule has 7 atom stereocenters. The van der Waals surface area contributed by atoms with Crippen LogP contribution in [0.5, 0.6) is 0 Å². The van der Waals surface area contributed by atoms with Gasteiger partial charge in [-0.05, 0) is 42.4 Å². The Morgan fingerprint density at radius 1 is 0.434 bits per heavy atom. The highest BCUT2D eigenvalue weighted by Gasteiger charge is 2.33. The number of carbonyl (C=O) groups is 12. The highest BCUT2D eigenvalue weighted by Crippen LogP contribution is 2.10. The van der Waals surface area contributed by atoms with Gasteiger partial charge in [-0.25, -0.2) is 4.79 Å². The summed E-state index contributed by atoms with van der Waals surface area (Å²) >= 11 is 0. The van der Waals surface area contributed by atoms with E-state index in [0.29, 0.717) is 16.7 Å². The van der Waals surface area contributed by atoms with Crippen LogP contribution in [0.3, 0.4) is 0 Å². The molecular formula is C51H68N12O13. The number of aliphatic carboxylic acids is 1. The summed E-state index contributed by atoms with van der Waals surface area (Å²) in [4.78, 5) is 155. The van der Waals surface area contributed by atoms with Crippen molar-refractivity contribution in [2.75, 3.05) is 19.6 Å². The number of amides is 11. The van der Waals surface area contributed by atoms with Crippen molar-refractivity contribution in [3.8, 4) is 0 Å². The minimum Gasteiger partial charge on any atom is -0.480 e. The zero-order valence-electron chi connectivity index (χ0n) is 42.4. The zero-order chi connectivity index (χ0) is 56.3. The smallest absolute Gasteiger partial charge is 0.326 e. The van der Waals surface area contributed by atoms with Gasteiger partial charge in [0.2, 0.25) is 65.0 Å². The third-order valence-electron chi connectivity index (χ3n) is 11.4. The van der Waals surface area contributed by atoms with Crippen LogP contribution in [0.15, 0.2) is 91.0 Å². The molecule has 11 amide bonds. The monoisotopic (exact) mass is 1060 g/mol. The number of nitrogens with two attached hydrogens (primary N) is 3. The lowest BCUT2D eigenvalue weighted by Gasteiger charge is -2.27. The summed E-state index contributed by atoms with van der Waals surface area (Å²) in [6.45, 7) is 2.62. The minimum absolute atomic E-state index is 0.0129. The molecule has 0 saturated heterocycles. The van der Waals surface area contributed by atoms with E-state index in [1.807, 2.05) is 0 Å². The molecule has 0 aromatic heterocycles. The number of carboxylic acid groups (broad SMARTS) is 1. The summed E-state index contributed by atoms with van der Waals surface area (Å²) in [6, 6.07) is 16.1. The van der Waals surface area contributed by atoms with Crippen LogP contribution in [0, 0.1) is 5.92 Å². The molecule has 0 unspecified atom stereocenters. The van der Waals surface area contributed by atoms with Gasteiger partial charge >= 0.3 is 5.97 Å². The van der Waals surface area contributed by atoms with Crippen LogP contribution in [0.4, 0.5) is 0 Å². The van der Waals surface area contributed by atoms with Crippen LogP contribution >= 0.6 is 0 Å². The highest BCUT2D eigenvalue weighted by atomic mass is 16.4. The van der Waals surface area contributed by atoms with Crippen LogP contribution in [0.1, 0.15) is 63.1 Å². The lowest BCUT2D eigenvalue weighted by molar-refractivity contribution is -0.141. The molecule has 0 bridgehead atoms. The molecule has 0 radical (unpaired) electrons. The molecule has 0 saturated carbocycles. The van der Waals surface area contributed by atoms with Crippen molar-refractivity contribution in [2.24, 2.45) is 23.1 Å². The molecular weight excluding hydrogens is 989 g/mol. The quantitative estimate of drug-likeness (QED) is 0.0290. The van der Waals surface area contributed by atoms with E-state index < -0.39 is 145 Å². The molecule has 0 aliphatic carbocycles. The van der Waals surface area contributed by atoms with E-state index in [1.54, 1.807) is 105 Å². The van der Waals surface area contributed by atoms with Crippen molar-refractivity contribution in [3.05, 3.63) is 108 Å². The molecule has 3 rings (SSSR count). The number of benzene rings is 3. The van der Waals surface area contributed by atoms with E-state index in [2.05, 4.69) is 47.9 Å². The van der Waals surface area contributed by atoms with E-state index in [9.17, 15) is 62.6 Å². The molecule has 3 aromatic carbocycles. The lowest BCUT2D eigenvalue weighted by Crippen LogP contribution is -2.59. The second kappa shape index (κ2) is 31.8. The van der Waals surface area contributed by atoms with Crippen molar-refractivity contribution in [2.45, 2.75) is 108 Å². The normalized spacial score (nSPS) is 13.5. The molecule has 0 aliphatic heterocycles. The number of carbonyl (C=O) groups excluding carboxylic acids is 11. The number of hydrogen-bond donors (Lipinski definition) is 13. The summed E-state index contributed by atoms with van der Waals surface area (Å²) < 4.78 is 0. The van der Waals surface area contributed by atoms with Gasteiger partial charge in [0, 0.05) is 32.1 Å². The molecule has 0 spiro atoms. The predicted octanol–water partition coefficient (Wildman–Crippen LogP) is -3.41. The first-order chi connectivity index (χ1) is 36.1. The van der Waals surface area contributed by atoms with Crippen molar-refractivity contribution in [1.82, 2.24) is 47.9 Å². The Kier molecular flexibility index (Phi) is 25.7. The van der Waals surface area contributed by atoms with Gasteiger partial charge in [0.15, 0.2) is 0 Å². The maximum atomic E-state index is 14.0. The summed E-state index contributed by atoms with van der Waals surface area (Å²) in [5, 5.41) is 31.7. The Balaban J connectivity index is 1.71. The first kappa shape index (κ1) is 61.6. The Bertz CT molecular complexity index is 2500. The number of nitrogens with one attached hydrogen (secondary N) is 9. The second-order valence-corrected chi connectivity index (χ2v) is 18.0. The summed E-state index contributed by atoms with van der Waals surface area (Å²) in [7, 11) is 0. The number of hydrogen-bond acceptors (Lipinski definition) is 13. The van der Waals surface area contributed by atoms with E-state index in [1.165, 1.54) is 6.92 Å². The van der Waals surface area contributed by atoms with Gasteiger partial charge in [0.1, 0.15) is 42.3 Å². The maximum Gasteiger partial charge on any atom is 0.326 e. The second-order valence-electron chi connectivity index (χ2n) is 18.0. The maximum absolute atomic E-state index is 14.0. The Labute approximate surface area is 438 Å². The van der Waals surface area contributed by atoms with Gasteiger partial charge in [-0.15, -0.1) is 0 Å². The predicted molar refractivity (Wildman–Crippen MR) is 274 cm³/mol. The summed E-state index contributed by atoms with van der Waals surface area (Å²) in [5.74, 6) is -11.2. The third-order valence-corrected chi connectivity index (χ3v) is 11.4. The van der Waals surface area contributed by atoms with Crippen LogP contribution in [-0.2, 0) is 76.8 Å². The highest BCUT2D eigenvalue weighted by molar-refractivity contribution is 5.98. The number of carboxylic acids is 1. The minimum atomic E-state index is -1.53. The third kappa shape index (κ3) is 22.6. The molecule has 410 valence electrons. The molecule has 3 aromatic rings. The lowest BCUT2D eigenvalue weighted by atomic mass is 10.0. The van der Waals surface area contributed by atoms with Crippen molar-refractivity contribution in [1.29, 1.82) is 0 Å². The van der Waals surface area contributed by atoms with Gasteiger partial charge < -0.3 is 70.2 Å².